The quantitative estimate of drug-likeness (QED) is 0.895. The molecule has 17 heavy (non-hydrogen) atoms. The van der Waals surface area contributed by atoms with Crippen LogP contribution in [-0.4, -0.2) is 24.7 Å². The lowest BCUT2D eigenvalue weighted by atomic mass is 9.95. The minimum atomic E-state index is -0.362. The van der Waals surface area contributed by atoms with Gasteiger partial charge in [0.1, 0.15) is 6.10 Å². The summed E-state index contributed by atoms with van der Waals surface area (Å²) in [7, 11) is 1.66. The molecule has 0 bridgehead atoms. The highest BCUT2D eigenvalue weighted by atomic mass is 32.2. The number of hydrogen-bond acceptors (Lipinski definition) is 4. The van der Waals surface area contributed by atoms with E-state index in [4.69, 9.17) is 15.2 Å². The third kappa shape index (κ3) is 2.87. The Morgan fingerprint density at radius 1 is 1.29 bits per heavy atom. The Morgan fingerprint density at radius 2 is 2.00 bits per heavy atom. The standard InChI is InChI=1S/C13H19NO2S/c1-13(2,14)9-4-5-11(15-3)12(6-9)16-10-7-17-8-10/h4-6,10H,7-8,14H2,1-3H3. The van der Waals surface area contributed by atoms with Crippen molar-refractivity contribution in [3.63, 3.8) is 0 Å². The van der Waals surface area contributed by atoms with Crippen LogP contribution in [0.1, 0.15) is 19.4 Å². The highest BCUT2D eigenvalue weighted by molar-refractivity contribution is 8.00. The maximum Gasteiger partial charge on any atom is 0.162 e. The highest BCUT2D eigenvalue weighted by Gasteiger charge is 2.23. The average molecular weight is 253 g/mol. The summed E-state index contributed by atoms with van der Waals surface area (Å²) in [5.41, 5.74) is 6.79. The lowest BCUT2D eigenvalue weighted by Crippen LogP contribution is -2.32. The van der Waals surface area contributed by atoms with Gasteiger partial charge in [-0.15, -0.1) is 0 Å². The van der Waals surface area contributed by atoms with Crippen LogP contribution in [0.5, 0.6) is 11.5 Å². The van der Waals surface area contributed by atoms with Gasteiger partial charge in [0.05, 0.1) is 7.11 Å². The van der Waals surface area contributed by atoms with Crippen molar-refractivity contribution < 1.29 is 9.47 Å². The molecule has 2 N–H and O–H groups in total. The maximum absolute atomic E-state index is 6.09. The molecular formula is C13H19NO2S. The predicted molar refractivity (Wildman–Crippen MR) is 71.9 cm³/mol. The van der Waals surface area contributed by atoms with E-state index < -0.39 is 0 Å². The van der Waals surface area contributed by atoms with Crippen LogP contribution in [0, 0.1) is 0 Å². The number of hydrogen-bond donors (Lipinski definition) is 1. The van der Waals surface area contributed by atoms with Crippen LogP contribution in [0.15, 0.2) is 18.2 Å². The average Bonchev–Trinajstić information content (AvgIpc) is 2.22. The van der Waals surface area contributed by atoms with Gasteiger partial charge in [-0.05, 0) is 31.5 Å². The van der Waals surface area contributed by atoms with Gasteiger partial charge in [-0.2, -0.15) is 11.8 Å². The Bertz CT molecular complexity index is 397. The number of nitrogens with two attached hydrogens (primary N) is 1. The van der Waals surface area contributed by atoms with E-state index in [0.717, 1.165) is 28.6 Å². The Labute approximate surface area is 107 Å². The van der Waals surface area contributed by atoms with Crippen LogP contribution in [0.4, 0.5) is 0 Å². The molecule has 2 rings (SSSR count). The van der Waals surface area contributed by atoms with Gasteiger partial charge in [0, 0.05) is 17.0 Å². The molecule has 94 valence electrons. The summed E-state index contributed by atoms with van der Waals surface area (Å²) in [6, 6.07) is 5.90. The largest absolute Gasteiger partial charge is 0.493 e. The monoisotopic (exact) mass is 253 g/mol. The second-order valence-electron chi connectivity index (χ2n) is 4.86. The van der Waals surface area contributed by atoms with Crippen molar-refractivity contribution in [1.82, 2.24) is 0 Å². The molecule has 0 radical (unpaired) electrons. The van der Waals surface area contributed by atoms with Crippen LogP contribution < -0.4 is 15.2 Å². The van der Waals surface area contributed by atoms with Crippen molar-refractivity contribution in [2.75, 3.05) is 18.6 Å². The zero-order valence-corrected chi connectivity index (χ0v) is 11.3. The van der Waals surface area contributed by atoms with Gasteiger partial charge in [-0.3, -0.25) is 0 Å². The molecule has 1 aromatic carbocycles. The fourth-order valence-corrected chi connectivity index (χ4v) is 2.20. The zero-order valence-electron chi connectivity index (χ0n) is 10.5. The molecular weight excluding hydrogens is 234 g/mol. The minimum Gasteiger partial charge on any atom is -0.493 e. The second-order valence-corrected chi connectivity index (χ2v) is 5.94. The van der Waals surface area contributed by atoms with Crippen LogP contribution in [0.25, 0.3) is 0 Å². The summed E-state index contributed by atoms with van der Waals surface area (Å²) in [6.07, 6.45) is 0.310. The molecule has 0 saturated carbocycles. The van der Waals surface area contributed by atoms with Crippen molar-refractivity contribution in [2.45, 2.75) is 25.5 Å². The normalized spacial score (nSPS) is 16.5. The summed E-state index contributed by atoms with van der Waals surface area (Å²) in [5.74, 6) is 3.68. The van der Waals surface area contributed by atoms with Crippen LogP contribution in [0.2, 0.25) is 0 Å². The summed E-state index contributed by atoms with van der Waals surface area (Å²) >= 11 is 1.90. The van der Waals surface area contributed by atoms with Gasteiger partial charge >= 0.3 is 0 Å². The van der Waals surface area contributed by atoms with E-state index in [-0.39, 0.29) is 5.54 Å². The molecule has 0 unspecified atom stereocenters. The number of ether oxygens (including phenoxy) is 2. The first kappa shape index (κ1) is 12.6. The first-order chi connectivity index (χ1) is 8.00. The van der Waals surface area contributed by atoms with Crippen LogP contribution >= 0.6 is 11.8 Å². The summed E-state index contributed by atoms with van der Waals surface area (Å²) < 4.78 is 11.2. The van der Waals surface area contributed by atoms with Crippen LogP contribution in [0.3, 0.4) is 0 Å². The summed E-state index contributed by atoms with van der Waals surface area (Å²) in [6.45, 7) is 3.97. The zero-order chi connectivity index (χ0) is 12.5. The third-order valence-corrected chi connectivity index (χ3v) is 4.02. The molecule has 0 aromatic heterocycles. The summed E-state index contributed by atoms with van der Waals surface area (Å²) in [5, 5.41) is 0. The van der Waals surface area contributed by atoms with E-state index in [0.29, 0.717) is 6.10 Å². The molecule has 1 fully saturated rings. The molecule has 1 heterocycles. The Morgan fingerprint density at radius 3 is 2.47 bits per heavy atom. The molecule has 0 atom stereocenters. The van der Waals surface area contributed by atoms with E-state index in [1.807, 2.05) is 43.8 Å². The van der Waals surface area contributed by atoms with Gasteiger partial charge in [0.2, 0.25) is 0 Å². The number of rotatable bonds is 4. The molecule has 4 heteroatoms. The van der Waals surface area contributed by atoms with E-state index >= 15 is 0 Å². The highest BCUT2D eigenvalue weighted by Crippen LogP contribution is 2.34. The first-order valence-electron chi connectivity index (χ1n) is 5.72. The van der Waals surface area contributed by atoms with Gasteiger partial charge in [-0.25, -0.2) is 0 Å². The number of thioether (sulfide) groups is 1. The Kier molecular flexibility index (Phi) is 3.54. The smallest absolute Gasteiger partial charge is 0.162 e. The lowest BCUT2D eigenvalue weighted by Gasteiger charge is -2.28. The fraction of sp³-hybridized carbons (Fsp3) is 0.538. The third-order valence-electron chi connectivity index (χ3n) is 2.81. The molecule has 0 spiro atoms. The van der Waals surface area contributed by atoms with Crippen molar-refractivity contribution in [2.24, 2.45) is 5.73 Å². The fourth-order valence-electron chi connectivity index (χ4n) is 1.63. The molecule has 0 aliphatic carbocycles. The lowest BCUT2D eigenvalue weighted by molar-refractivity contribution is 0.227. The maximum atomic E-state index is 6.09. The molecule has 1 aliphatic rings. The predicted octanol–water partition coefficient (Wildman–Crippen LogP) is 2.38. The van der Waals surface area contributed by atoms with Crippen molar-refractivity contribution in [3.05, 3.63) is 23.8 Å². The van der Waals surface area contributed by atoms with E-state index in [1.165, 1.54) is 0 Å². The van der Waals surface area contributed by atoms with E-state index in [2.05, 4.69) is 0 Å². The molecule has 1 aliphatic heterocycles. The van der Waals surface area contributed by atoms with Gasteiger partial charge in [-0.1, -0.05) is 6.07 Å². The van der Waals surface area contributed by atoms with E-state index in [1.54, 1.807) is 7.11 Å². The molecule has 3 nitrogen and oxygen atoms in total. The number of methoxy groups -OCH3 is 1. The topological polar surface area (TPSA) is 44.5 Å². The van der Waals surface area contributed by atoms with Gasteiger partial charge in [0.15, 0.2) is 11.5 Å². The SMILES string of the molecule is COc1ccc(C(C)(C)N)cc1OC1CSC1. The second kappa shape index (κ2) is 4.78. The first-order valence-corrected chi connectivity index (χ1v) is 6.88. The van der Waals surface area contributed by atoms with Gasteiger partial charge < -0.3 is 15.2 Å². The van der Waals surface area contributed by atoms with Crippen molar-refractivity contribution >= 4 is 11.8 Å². The van der Waals surface area contributed by atoms with Crippen LogP contribution in [-0.2, 0) is 5.54 Å². The minimum absolute atomic E-state index is 0.310. The van der Waals surface area contributed by atoms with E-state index in [9.17, 15) is 0 Å². The number of benzene rings is 1. The van der Waals surface area contributed by atoms with Crippen molar-refractivity contribution in [3.8, 4) is 11.5 Å². The molecule has 1 saturated heterocycles. The Hall–Kier alpha value is -0.870. The molecule has 1 aromatic rings. The van der Waals surface area contributed by atoms with Crippen molar-refractivity contribution in [1.29, 1.82) is 0 Å². The Balaban J connectivity index is 2.25. The molecule has 0 amide bonds. The van der Waals surface area contributed by atoms with Gasteiger partial charge in [0.25, 0.3) is 0 Å². The summed E-state index contributed by atoms with van der Waals surface area (Å²) in [4.78, 5) is 0.